The lowest BCUT2D eigenvalue weighted by atomic mass is 10.1. The van der Waals surface area contributed by atoms with Gasteiger partial charge >= 0.3 is 0 Å². The molecule has 0 heterocycles. The van der Waals surface area contributed by atoms with Crippen molar-refractivity contribution in [3.8, 4) is 0 Å². The van der Waals surface area contributed by atoms with Crippen LogP contribution in [0, 0.1) is 11.3 Å². The van der Waals surface area contributed by atoms with Crippen LogP contribution < -0.4 is 5.73 Å². The molecule has 0 saturated carbocycles. The third-order valence-corrected chi connectivity index (χ3v) is 1.99. The first-order chi connectivity index (χ1) is 4.63. The predicted molar refractivity (Wildman–Crippen MR) is 58.8 cm³/mol. The maximum atomic E-state index is 6.92. The fourth-order valence-electron chi connectivity index (χ4n) is 0.674. The Morgan fingerprint density at radius 2 is 2.09 bits per heavy atom. The molecular formula is C7H17BrN2S. The summed E-state index contributed by atoms with van der Waals surface area (Å²) in [6, 6.07) is 0. The molecule has 68 valence electrons. The molecule has 0 aliphatic carbocycles. The van der Waals surface area contributed by atoms with Crippen molar-refractivity contribution in [2.45, 2.75) is 26.7 Å². The molecule has 0 unspecified atom stereocenters. The second kappa shape index (κ2) is 8.40. The van der Waals surface area contributed by atoms with Crippen LogP contribution in [0.25, 0.3) is 0 Å². The molecule has 0 bridgehead atoms. The highest BCUT2D eigenvalue weighted by atomic mass is 79.9. The van der Waals surface area contributed by atoms with Crippen molar-refractivity contribution < 1.29 is 0 Å². The Balaban J connectivity index is 0. The van der Waals surface area contributed by atoms with Crippen LogP contribution in [0.4, 0.5) is 0 Å². The Morgan fingerprint density at radius 1 is 1.55 bits per heavy atom. The van der Waals surface area contributed by atoms with Gasteiger partial charge in [0.2, 0.25) is 0 Å². The molecule has 0 aliphatic heterocycles. The van der Waals surface area contributed by atoms with Crippen molar-refractivity contribution in [1.29, 1.82) is 5.41 Å². The van der Waals surface area contributed by atoms with Crippen LogP contribution in [0.5, 0.6) is 0 Å². The third kappa shape index (κ3) is 13.3. The van der Waals surface area contributed by atoms with E-state index in [-0.39, 0.29) is 22.1 Å². The van der Waals surface area contributed by atoms with E-state index in [0.717, 1.165) is 11.7 Å². The van der Waals surface area contributed by atoms with Crippen LogP contribution in [0.3, 0.4) is 0 Å². The first-order valence-corrected chi connectivity index (χ1v) is 4.58. The molecule has 0 saturated heterocycles. The van der Waals surface area contributed by atoms with Gasteiger partial charge < -0.3 is 5.73 Å². The summed E-state index contributed by atoms with van der Waals surface area (Å²) in [5.41, 5.74) is 5.16. The number of rotatable bonds is 4. The molecule has 0 aliphatic rings. The van der Waals surface area contributed by atoms with E-state index in [1.807, 2.05) is 0 Å². The lowest BCUT2D eigenvalue weighted by Crippen LogP contribution is -2.04. The number of thioether (sulfide) groups is 1. The quantitative estimate of drug-likeness (QED) is 0.451. The van der Waals surface area contributed by atoms with Gasteiger partial charge in [0, 0.05) is 5.75 Å². The number of nitrogens with two attached hydrogens (primary N) is 1. The van der Waals surface area contributed by atoms with Gasteiger partial charge in [-0.3, -0.25) is 5.41 Å². The Kier molecular flexibility index (Phi) is 10.6. The largest absolute Gasteiger partial charge is 0.379 e. The smallest absolute Gasteiger partial charge is 0.151 e. The van der Waals surface area contributed by atoms with Crippen LogP contribution in [0.2, 0.25) is 0 Å². The van der Waals surface area contributed by atoms with E-state index in [1.54, 1.807) is 0 Å². The Morgan fingerprint density at radius 3 is 2.45 bits per heavy atom. The molecule has 11 heavy (non-hydrogen) atoms. The molecule has 0 amide bonds. The zero-order valence-electron chi connectivity index (χ0n) is 7.09. The van der Waals surface area contributed by atoms with E-state index in [1.165, 1.54) is 24.6 Å². The van der Waals surface area contributed by atoms with Crippen LogP contribution in [-0.2, 0) is 0 Å². The van der Waals surface area contributed by atoms with Gasteiger partial charge in [0.05, 0.1) is 0 Å². The van der Waals surface area contributed by atoms with Gasteiger partial charge in [-0.05, 0) is 12.3 Å². The van der Waals surface area contributed by atoms with Crippen LogP contribution in [0.15, 0.2) is 0 Å². The van der Waals surface area contributed by atoms with Gasteiger partial charge in [0.15, 0.2) is 5.17 Å². The normalized spacial score (nSPS) is 9.36. The lowest BCUT2D eigenvalue weighted by Gasteiger charge is -2.02. The zero-order chi connectivity index (χ0) is 7.98. The van der Waals surface area contributed by atoms with Crippen LogP contribution in [-0.4, -0.2) is 10.9 Å². The SMILES string of the molecule is Br.CC(C)CCCSC(=N)N. The van der Waals surface area contributed by atoms with E-state index in [9.17, 15) is 0 Å². The molecule has 2 nitrogen and oxygen atoms in total. The molecule has 0 rings (SSSR count). The molecule has 4 heteroatoms. The Labute approximate surface area is 83.6 Å². The molecule has 0 aromatic heterocycles. The average molecular weight is 241 g/mol. The zero-order valence-corrected chi connectivity index (χ0v) is 9.62. The van der Waals surface area contributed by atoms with Crippen LogP contribution >= 0.6 is 28.7 Å². The summed E-state index contributed by atoms with van der Waals surface area (Å²) in [5, 5.41) is 7.16. The second-order valence-corrected chi connectivity index (χ2v) is 3.89. The number of hydrogen-bond acceptors (Lipinski definition) is 2. The summed E-state index contributed by atoms with van der Waals surface area (Å²) in [7, 11) is 0. The maximum Gasteiger partial charge on any atom is 0.151 e. The standard InChI is InChI=1S/C7H16N2S.BrH/c1-6(2)4-3-5-10-7(8)9;/h6H,3-5H2,1-2H3,(H3,8,9);1H. The van der Waals surface area contributed by atoms with Gasteiger partial charge in [-0.1, -0.05) is 32.0 Å². The number of halogens is 1. The highest BCUT2D eigenvalue weighted by Gasteiger charge is 1.94. The lowest BCUT2D eigenvalue weighted by molar-refractivity contribution is 0.579. The molecule has 0 fully saturated rings. The first-order valence-electron chi connectivity index (χ1n) is 3.59. The summed E-state index contributed by atoms with van der Waals surface area (Å²) >= 11 is 1.43. The second-order valence-electron chi connectivity index (χ2n) is 2.75. The molecule has 0 radical (unpaired) electrons. The topological polar surface area (TPSA) is 49.9 Å². The van der Waals surface area contributed by atoms with Gasteiger partial charge in [0.1, 0.15) is 0 Å². The van der Waals surface area contributed by atoms with E-state index in [2.05, 4.69) is 13.8 Å². The maximum absolute atomic E-state index is 6.92. The predicted octanol–water partition coefficient (Wildman–Crippen LogP) is 2.63. The summed E-state index contributed by atoms with van der Waals surface area (Å²) in [6.45, 7) is 4.41. The summed E-state index contributed by atoms with van der Waals surface area (Å²) in [5.74, 6) is 1.76. The number of amidine groups is 1. The highest BCUT2D eigenvalue weighted by molar-refractivity contribution is 8.93. The first kappa shape index (κ1) is 13.9. The minimum Gasteiger partial charge on any atom is -0.379 e. The van der Waals surface area contributed by atoms with Crippen molar-refractivity contribution in [2.75, 3.05) is 5.75 Å². The van der Waals surface area contributed by atoms with Crippen molar-refractivity contribution in [2.24, 2.45) is 11.7 Å². The van der Waals surface area contributed by atoms with Crippen molar-refractivity contribution in [1.82, 2.24) is 0 Å². The monoisotopic (exact) mass is 240 g/mol. The summed E-state index contributed by atoms with van der Waals surface area (Å²) in [4.78, 5) is 0. The fraction of sp³-hybridized carbons (Fsp3) is 0.857. The highest BCUT2D eigenvalue weighted by Crippen LogP contribution is 2.08. The summed E-state index contributed by atoms with van der Waals surface area (Å²) < 4.78 is 0. The molecule has 0 aromatic rings. The van der Waals surface area contributed by atoms with Gasteiger partial charge in [-0.2, -0.15) is 0 Å². The molecule has 0 atom stereocenters. The van der Waals surface area contributed by atoms with Crippen LogP contribution in [0.1, 0.15) is 26.7 Å². The Hall–Kier alpha value is 0.300. The van der Waals surface area contributed by atoms with E-state index >= 15 is 0 Å². The van der Waals surface area contributed by atoms with E-state index in [4.69, 9.17) is 11.1 Å². The minimum atomic E-state index is 0. The van der Waals surface area contributed by atoms with Gasteiger partial charge in [-0.25, -0.2) is 0 Å². The molecular weight excluding hydrogens is 224 g/mol. The van der Waals surface area contributed by atoms with Gasteiger partial charge in [-0.15, -0.1) is 17.0 Å². The molecule has 0 spiro atoms. The molecule has 0 aromatic carbocycles. The van der Waals surface area contributed by atoms with Crippen molar-refractivity contribution in [3.63, 3.8) is 0 Å². The van der Waals surface area contributed by atoms with Gasteiger partial charge in [0.25, 0.3) is 0 Å². The van der Waals surface area contributed by atoms with Crippen molar-refractivity contribution >= 4 is 33.9 Å². The number of nitrogens with one attached hydrogen (secondary N) is 1. The van der Waals surface area contributed by atoms with E-state index in [0.29, 0.717) is 0 Å². The number of hydrogen-bond donors (Lipinski definition) is 2. The molecule has 3 N–H and O–H groups in total. The fourth-order valence-corrected chi connectivity index (χ4v) is 1.20. The third-order valence-electron chi connectivity index (χ3n) is 1.18. The van der Waals surface area contributed by atoms with E-state index < -0.39 is 0 Å². The van der Waals surface area contributed by atoms with Crippen molar-refractivity contribution in [3.05, 3.63) is 0 Å². The summed E-state index contributed by atoms with van der Waals surface area (Å²) in [6.07, 6.45) is 2.40. The average Bonchev–Trinajstić information content (AvgIpc) is 1.79. The Bertz CT molecular complexity index is 107. The minimum absolute atomic E-state index is 0.